The minimum Gasteiger partial charge on any atom is -0.366 e. The topological polar surface area (TPSA) is 146 Å². The molecule has 0 saturated heterocycles. The first-order chi connectivity index (χ1) is 17.1. The van der Waals surface area contributed by atoms with Gasteiger partial charge in [0.15, 0.2) is 11.3 Å². The predicted molar refractivity (Wildman–Crippen MR) is 133 cm³/mol. The number of anilines is 4. The summed E-state index contributed by atoms with van der Waals surface area (Å²) in [6.45, 7) is 0. The van der Waals surface area contributed by atoms with E-state index in [4.69, 9.17) is 10.8 Å². The summed E-state index contributed by atoms with van der Waals surface area (Å²) in [7, 11) is 0. The molecule has 1 amide bonds. The van der Waals surface area contributed by atoms with Crippen LogP contribution in [-0.4, -0.2) is 37.6 Å². The lowest BCUT2D eigenvalue weighted by molar-refractivity contribution is 0.102. The molecule has 4 aromatic rings. The van der Waals surface area contributed by atoms with Gasteiger partial charge in [-0.3, -0.25) is 9.78 Å². The van der Waals surface area contributed by atoms with Crippen LogP contribution in [0.1, 0.15) is 41.7 Å². The maximum atomic E-state index is 13.1. The molecule has 1 saturated carbocycles. The lowest BCUT2D eigenvalue weighted by Gasteiger charge is -2.27. The summed E-state index contributed by atoms with van der Waals surface area (Å²) in [6.07, 6.45) is 8.53. The molecule has 3 aromatic heterocycles. The van der Waals surface area contributed by atoms with Crippen molar-refractivity contribution in [3.63, 3.8) is 0 Å². The van der Waals surface area contributed by atoms with Crippen LogP contribution in [0.3, 0.4) is 0 Å². The molecule has 0 unspecified atom stereocenters. The molecule has 0 spiro atoms. The lowest BCUT2D eigenvalue weighted by Crippen LogP contribution is -2.33. The van der Waals surface area contributed by atoms with E-state index >= 15 is 0 Å². The molecule has 0 aliphatic heterocycles. The molecule has 0 bridgehead atoms. The minimum atomic E-state index is -0.339. The van der Waals surface area contributed by atoms with Crippen molar-refractivity contribution in [3.05, 3.63) is 72.3 Å². The molecule has 1 fully saturated rings. The molecule has 35 heavy (non-hydrogen) atoms. The number of rotatable bonds is 6. The lowest BCUT2D eigenvalue weighted by atomic mass is 9.92. The number of nitrogens with two attached hydrogens (primary N) is 1. The average Bonchev–Trinajstić information content (AvgIpc) is 3.31. The van der Waals surface area contributed by atoms with Gasteiger partial charge < -0.3 is 21.7 Å². The van der Waals surface area contributed by atoms with E-state index in [9.17, 15) is 10.1 Å². The largest absolute Gasteiger partial charge is 0.366 e. The summed E-state index contributed by atoms with van der Waals surface area (Å²) in [5.41, 5.74) is 9.40. The molecule has 5 N–H and O–H groups in total. The van der Waals surface area contributed by atoms with E-state index < -0.39 is 0 Å². The van der Waals surface area contributed by atoms with Crippen LogP contribution >= 0.6 is 0 Å². The molecule has 176 valence electrons. The number of aromatic nitrogens is 4. The number of fused-ring (bicyclic) bond motifs is 1. The third-order valence-corrected chi connectivity index (χ3v) is 6.03. The molecule has 1 aliphatic carbocycles. The van der Waals surface area contributed by atoms with Crippen LogP contribution in [0.5, 0.6) is 0 Å². The van der Waals surface area contributed by atoms with E-state index in [0.29, 0.717) is 34.1 Å². The van der Waals surface area contributed by atoms with Crippen LogP contribution in [-0.2, 0) is 0 Å². The number of benzene rings is 1. The summed E-state index contributed by atoms with van der Waals surface area (Å²) in [5, 5.41) is 23.6. The Balaban J connectivity index is 1.51. The van der Waals surface area contributed by atoms with Gasteiger partial charge in [0.2, 0.25) is 0 Å². The summed E-state index contributed by atoms with van der Waals surface area (Å²) in [4.78, 5) is 21.5. The Hall–Kier alpha value is -4.49. The molecule has 1 aliphatic rings. The molecule has 5 rings (SSSR count). The Labute approximate surface area is 202 Å². The van der Waals surface area contributed by atoms with E-state index in [2.05, 4.69) is 32.0 Å². The van der Waals surface area contributed by atoms with Crippen LogP contribution in [0.25, 0.3) is 5.65 Å². The number of nitrogens with zero attached hydrogens (tertiary/aromatic N) is 5. The molecule has 10 heteroatoms. The maximum absolute atomic E-state index is 13.1. The quantitative estimate of drug-likeness (QED) is 0.336. The molecule has 1 aromatic carbocycles. The Kier molecular flexibility index (Phi) is 6.24. The first kappa shape index (κ1) is 22.3. The van der Waals surface area contributed by atoms with Crippen LogP contribution in [0.2, 0.25) is 0 Å². The zero-order chi connectivity index (χ0) is 24.2. The van der Waals surface area contributed by atoms with Gasteiger partial charge in [0.25, 0.3) is 5.91 Å². The van der Waals surface area contributed by atoms with Gasteiger partial charge in [-0.15, -0.1) is 5.10 Å². The Morgan fingerprint density at radius 1 is 1.09 bits per heavy atom. The van der Waals surface area contributed by atoms with Gasteiger partial charge in [0, 0.05) is 41.9 Å². The summed E-state index contributed by atoms with van der Waals surface area (Å²) >= 11 is 0. The zero-order valence-corrected chi connectivity index (χ0v) is 19.0. The van der Waals surface area contributed by atoms with Crippen molar-refractivity contribution in [2.24, 2.45) is 5.73 Å². The first-order valence-electron chi connectivity index (χ1n) is 11.5. The Bertz CT molecular complexity index is 1390. The summed E-state index contributed by atoms with van der Waals surface area (Å²) in [6, 6.07) is 15.1. The number of carbonyl (C=O) groups excluding carboxylic acids is 1. The van der Waals surface area contributed by atoms with E-state index in [1.165, 1.54) is 10.7 Å². The number of imidazole rings is 1. The van der Waals surface area contributed by atoms with E-state index in [0.717, 1.165) is 31.4 Å². The highest BCUT2D eigenvalue weighted by Gasteiger charge is 2.21. The van der Waals surface area contributed by atoms with Crippen molar-refractivity contribution in [3.8, 4) is 6.07 Å². The molecule has 10 nitrogen and oxygen atoms in total. The Morgan fingerprint density at radius 3 is 2.66 bits per heavy atom. The second-order valence-corrected chi connectivity index (χ2v) is 8.59. The maximum Gasteiger partial charge on any atom is 0.276 e. The highest BCUT2D eigenvalue weighted by atomic mass is 16.2. The fraction of sp³-hybridized carbons (Fsp3) is 0.240. The predicted octanol–water partition coefficient (Wildman–Crippen LogP) is 3.67. The van der Waals surface area contributed by atoms with Gasteiger partial charge in [-0.05, 0) is 56.0 Å². The van der Waals surface area contributed by atoms with Gasteiger partial charge in [-0.25, -0.2) is 9.50 Å². The fourth-order valence-electron chi connectivity index (χ4n) is 4.21. The van der Waals surface area contributed by atoms with Crippen LogP contribution in [0, 0.1) is 11.3 Å². The van der Waals surface area contributed by atoms with Crippen LogP contribution in [0.15, 0.2) is 61.1 Å². The zero-order valence-electron chi connectivity index (χ0n) is 19.0. The van der Waals surface area contributed by atoms with Gasteiger partial charge in [0.1, 0.15) is 5.82 Å². The van der Waals surface area contributed by atoms with Crippen molar-refractivity contribution in [1.29, 1.82) is 5.26 Å². The van der Waals surface area contributed by atoms with Crippen LogP contribution < -0.4 is 21.7 Å². The number of hydrogen-bond acceptors (Lipinski definition) is 8. The van der Waals surface area contributed by atoms with Gasteiger partial charge in [-0.1, -0.05) is 6.07 Å². The second kappa shape index (κ2) is 9.79. The number of carbonyl (C=O) groups is 1. The number of nitriles is 1. The van der Waals surface area contributed by atoms with Gasteiger partial charge in [-0.2, -0.15) is 5.26 Å². The number of nitrogens with one attached hydrogen (secondary N) is 3. The monoisotopic (exact) mass is 467 g/mol. The van der Waals surface area contributed by atoms with Crippen molar-refractivity contribution < 1.29 is 4.79 Å². The summed E-state index contributed by atoms with van der Waals surface area (Å²) < 4.78 is 1.53. The van der Waals surface area contributed by atoms with E-state index in [-0.39, 0.29) is 18.0 Å². The highest BCUT2D eigenvalue weighted by Crippen LogP contribution is 2.27. The van der Waals surface area contributed by atoms with Gasteiger partial charge in [0.05, 0.1) is 23.5 Å². The molecule has 0 atom stereocenters. The fourth-order valence-corrected chi connectivity index (χ4v) is 4.21. The van der Waals surface area contributed by atoms with Crippen LogP contribution in [0.4, 0.5) is 22.9 Å². The van der Waals surface area contributed by atoms with Crippen molar-refractivity contribution >= 4 is 34.4 Å². The minimum absolute atomic E-state index is 0.241. The highest BCUT2D eigenvalue weighted by molar-refractivity contribution is 6.03. The molecule has 3 heterocycles. The third kappa shape index (κ3) is 5.05. The SMILES string of the molecule is N#Cc1cccc(Nc2cc(N[C@H]3CC[C@H](N)CC3)nn3c(C(=O)Nc4ccncc4)cnc23)c1. The van der Waals surface area contributed by atoms with E-state index in [1.54, 1.807) is 36.7 Å². The first-order valence-corrected chi connectivity index (χ1v) is 11.5. The standard InChI is InChI=1S/C25H25N9O/c26-14-16-2-1-3-20(12-16)30-21-13-23(31-18-6-4-17(27)5-7-18)33-34-22(15-29-24(21)34)25(35)32-19-8-10-28-11-9-19/h1-3,8-13,15,17-18,30H,4-7,27H2,(H,31,33)(H,28,32,35)/t17-,18-. The molecular formula is C25H25N9O. The van der Waals surface area contributed by atoms with Crippen molar-refractivity contribution in [2.45, 2.75) is 37.8 Å². The normalized spacial score (nSPS) is 17.5. The van der Waals surface area contributed by atoms with Gasteiger partial charge >= 0.3 is 0 Å². The smallest absolute Gasteiger partial charge is 0.276 e. The van der Waals surface area contributed by atoms with Crippen molar-refractivity contribution in [1.82, 2.24) is 19.6 Å². The van der Waals surface area contributed by atoms with Crippen molar-refractivity contribution in [2.75, 3.05) is 16.0 Å². The molecule has 0 radical (unpaired) electrons. The number of hydrogen-bond donors (Lipinski definition) is 4. The average molecular weight is 468 g/mol. The molecular weight excluding hydrogens is 442 g/mol. The Morgan fingerprint density at radius 2 is 1.89 bits per heavy atom. The second-order valence-electron chi connectivity index (χ2n) is 8.59. The number of amides is 1. The summed E-state index contributed by atoms with van der Waals surface area (Å²) in [5.74, 6) is 0.280. The third-order valence-electron chi connectivity index (χ3n) is 6.03. The number of pyridine rings is 1. The van der Waals surface area contributed by atoms with E-state index in [1.807, 2.05) is 18.2 Å².